The maximum atomic E-state index is 12.4. The van der Waals surface area contributed by atoms with Crippen LogP contribution in [0.1, 0.15) is 16.8 Å². The van der Waals surface area contributed by atoms with E-state index in [1.807, 2.05) is 0 Å². The normalized spacial score (nSPS) is 19.6. The van der Waals surface area contributed by atoms with Crippen molar-refractivity contribution < 1.29 is 18.7 Å². The fourth-order valence-electron chi connectivity index (χ4n) is 1.94. The van der Waals surface area contributed by atoms with Crippen molar-refractivity contribution in [2.45, 2.75) is 23.2 Å². The first-order valence-electron chi connectivity index (χ1n) is 5.59. The molecule has 0 spiro atoms. The third kappa shape index (κ3) is 3.00. The lowest BCUT2D eigenvalue weighted by atomic mass is 10.2. The predicted molar refractivity (Wildman–Crippen MR) is 64.8 cm³/mol. The topological polar surface area (TPSA) is 40.5 Å². The minimum atomic E-state index is -2.55. The van der Waals surface area contributed by atoms with Crippen molar-refractivity contribution in [1.82, 2.24) is 4.90 Å². The molecule has 2 rings (SSSR count). The third-order valence-electron chi connectivity index (χ3n) is 2.78. The summed E-state index contributed by atoms with van der Waals surface area (Å²) in [4.78, 5) is 13.9. The van der Waals surface area contributed by atoms with Crippen molar-refractivity contribution in [3.05, 3.63) is 29.8 Å². The zero-order chi connectivity index (χ0) is 13.1. The van der Waals surface area contributed by atoms with E-state index in [0.717, 1.165) is 0 Å². The van der Waals surface area contributed by atoms with Crippen molar-refractivity contribution in [2.75, 3.05) is 13.1 Å². The number of hydrogen-bond donors (Lipinski definition) is 1. The van der Waals surface area contributed by atoms with Gasteiger partial charge in [-0.2, -0.15) is 8.78 Å². The highest BCUT2D eigenvalue weighted by Gasteiger charge is 2.27. The molecule has 0 bridgehead atoms. The van der Waals surface area contributed by atoms with Crippen molar-refractivity contribution in [1.29, 1.82) is 0 Å². The van der Waals surface area contributed by atoms with Gasteiger partial charge < -0.3 is 10.0 Å². The highest BCUT2D eigenvalue weighted by Crippen LogP contribution is 2.29. The molecule has 1 aromatic carbocycles. The molecule has 1 heterocycles. The number of nitrogens with zero attached hydrogens (tertiary/aromatic N) is 1. The largest absolute Gasteiger partial charge is 0.391 e. The first-order valence-corrected chi connectivity index (χ1v) is 6.47. The van der Waals surface area contributed by atoms with Crippen LogP contribution >= 0.6 is 11.8 Å². The first-order chi connectivity index (χ1) is 8.58. The van der Waals surface area contributed by atoms with Crippen LogP contribution in [0.15, 0.2) is 29.2 Å². The summed E-state index contributed by atoms with van der Waals surface area (Å²) in [5.41, 5.74) is 0.275. The molecule has 1 aliphatic rings. The van der Waals surface area contributed by atoms with Crippen molar-refractivity contribution in [2.24, 2.45) is 0 Å². The number of β-amino-alcohol motifs (C(OH)–C–C–N with tert-alkyl or cyclic N) is 1. The van der Waals surface area contributed by atoms with Crippen LogP contribution in [0, 0.1) is 0 Å². The number of amides is 1. The summed E-state index contributed by atoms with van der Waals surface area (Å²) in [5.74, 6) is -2.85. The molecule has 18 heavy (non-hydrogen) atoms. The predicted octanol–water partition coefficient (Wildman–Crippen LogP) is 2.21. The van der Waals surface area contributed by atoms with Crippen LogP contribution in [-0.2, 0) is 0 Å². The monoisotopic (exact) mass is 273 g/mol. The molecule has 3 nitrogen and oxygen atoms in total. The van der Waals surface area contributed by atoms with E-state index in [-0.39, 0.29) is 22.9 Å². The minimum absolute atomic E-state index is 0.270. The average Bonchev–Trinajstić information content (AvgIpc) is 2.75. The lowest BCUT2D eigenvalue weighted by molar-refractivity contribution is 0.0761. The van der Waals surface area contributed by atoms with Crippen LogP contribution in [0.2, 0.25) is 0 Å². The quantitative estimate of drug-likeness (QED) is 0.858. The van der Waals surface area contributed by atoms with Gasteiger partial charge in [0.25, 0.3) is 11.7 Å². The standard InChI is InChI=1S/C12H13F2NO2S/c13-12(14)18-10-4-2-1-3-9(10)11(17)15-6-5-8(16)7-15/h1-4,8,12,16H,5-7H2. The number of alkyl halides is 2. The number of benzene rings is 1. The Morgan fingerprint density at radius 3 is 2.78 bits per heavy atom. The maximum Gasteiger partial charge on any atom is 0.288 e. The Bertz CT molecular complexity index is 442. The molecule has 1 saturated heterocycles. The highest BCUT2D eigenvalue weighted by atomic mass is 32.2. The third-order valence-corrected chi connectivity index (χ3v) is 3.57. The average molecular weight is 273 g/mol. The van der Waals surface area contributed by atoms with Crippen LogP contribution in [0.5, 0.6) is 0 Å². The zero-order valence-corrected chi connectivity index (χ0v) is 10.4. The Labute approximate surface area is 108 Å². The number of hydrogen-bond acceptors (Lipinski definition) is 3. The fraction of sp³-hybridized carbons (Fsp3) is 0.417. The lowest BCUT2D eigenvalue weighted by Crippen LogP contribution is -2.29. The van der Waals surface area contributed by atoms with Gasteiger partial charge in [0.05, 0.1) is 11.7 Å². The van der Waals surface area contributed by atoms with E-state index in [1.54, 1.807) is 12.1 Å². The molecule has 1 aromatic rings. The minimum Gasteiger partial charge on any atom is -0.391 e. The number of aliphatic hydroxyl groups excluding tert-OH is 1. The first kappa shape index (κ1) is 13.3. The molecular formula is C12H13F2NO2S. The molecule has 98 valence electrons. The smallest absolute Gasteiger partial charge is 0.288 e. The molecule has 0 saturated carbocycles. The second-order valence-corrected chi connectivity index (χ2v) is 5.10. The van der Waals surface area contributed by atoms with Gasteiger partial charge in [0.1, 0.15) is 0 Å². The van der Waals surface area contributed by atoms with Crippen molar-refractivity contribution >= 4 is 17.7 Å². The van der Waals surface area contributed by atoms with Crippen LogP contribution in [0.25, 0.3) is 0 Å². The van der Waals surface area contributed by atoms with Gasteiger partial charge in [0.15, 0.2) is 0 Å². The fourth-order valence-corrected chi connectivity index (χ4v) is 2.57. The molecule has 0 radical (unpaired) electrons. The van der Waals surface area contributed by atoms with E-state index >= 15 is 0 Å². The van der Waals surface area contributed by atoms with Gasteiger partial charge in [-0.1, -0.05) is 23.9 Å². The number of carbonyl (C=O) groups is 1. The van der Waals surface area contributed by atoms with Gasteiger partial charge in [-0.05, 0) is 18.6 Å². The second-order valence-electron chi connectivity index (χ2n) is 4.07. The number of likely N-dealkylation sites (tertiary alicyclic amines) is 1. The zero-order valence-electron chi connectivity index (χ0n) is 9.55. The summed E-state index contributed by atoms with van der Waals surface area (Å²) in [7, 11) is 0. The van der Waals surface area contributed by atoms with Crippen LogP contribution in [-0.4, -0.2) is 40.9 Å². The molecule has 0 aliphatic carbocycles. The number of rotatable bonds is 3. The van der Waals surface area contributed by atoms with E-state index in [4.69, 9.17) is 0 Å². The molecule has 1 atom stereocenters. The number of carbonyl (C=O) groups excluding carboxylic acids is 1. The Hall–Kier alpha value is -1.14. The highest BCUT2D eigenvalue weighted by molar-refractivity contribution is 7.99. The summed E-state index contributed by atoms with van der Waals surface area (Å²) in [6.07, 6.45) is 0.0273. The summed E-state index contributed by atoms with van der Waals surface area (Å²) in [6.45, 7) is 0.736. The van der Waals surface area contributed by atoms with Crippen molar-refractivity contribution in [3.63, 3.8) is 0 Å². The molecule has 1 unspecified atom stereocenters. The summed E-state index contributed by atoms with van der Waals surface area (Å²) in [6, 6.07) is 6.32. The van der Waals surface area contributed by atoms with Gasteiger partial charge >= 0.3 is 0 Å². The Morgan fingerprint density at radius 2 is 2.17 bits per heavy atom. The maximum absolute atomic E-state index is 12.4. The lowest BCUT2D eigenvalue weighted by Gasteiger charge is -2.17. The van der Waals surface area contributed by atoms with Gasteiger partial charge in [0.2, 0.25) is 0 Å². The number of thioether (sulfide) groups is 1. The second kappa shape index (κ2) is 5.67. The molecule has 1 aliphatic heterocycles. The van der Waals surface area contributed by atoms with E-state index in [1.165, 1.54) is 17.0 Å². The molecule has 0 aromatic heterocycles. The Balaban J connectivity index is 2.19. The van der Waals surface area contributed by atoms with Crippen molar-refractivity contribution in [3.8, 4) is 0 Å². The molecule has 6 heteroatoms. The van der Waals surface area contributed by atoms with Crippen LogP contribution in [0.3, 0.4) is 0 Å². The van der Waals surface area contributed by atoms with E-state index < -0.39 is 11.9 Å². The molecule has 1 N–H and O–H groups in total. The van der Waals surface area contributed by atoms with Gasteiger partial charge in [-0.3, -0.25) is 4.79 Å². The SMILES string of the molecule is O=C(c1ccccc1SC(F)F)N1CCC(O)C1. The van der Waals surface area contributed by atoms with E-state index in [9.17, 15) is 18.7 Å². The van der Waals surface area contributed by atoms with Gasteiger partial charge in [-0.25, -0.2) is 0 Å². The Morgan fingerprint density at radius 1 is 1.44 bits per heavy atom. The van der Waals surface area contributed by atoms with Gasteiger partial charge in [0, 0.05) is 18.0 Å². The van der Waals surface area contributed by atoms with Gasteiger partial charge in [-0.15, -0.1) is 0 Å². The number of halogens is 2. The van der Waals surface area contributed by atoms with E-state index in [2.05, 4.69) is 0 Å². The summed E-state index contributed by atoms with van der Waals surface area (Å²) < 4.78 is 24.8. The van der Waals surface area contributed by atoms with E-state index in [0.29, 0.717) is 24.7 Å². The molecular weight excluding hydrogens is 260 g/mol. The molecule has 1 amide bonds. The Kier molecular flexibility index (Phi) is 4.19. The van der Waals surface area contributed by atoms with Crippen LogP contribution < -0.4 is 0 Å². The number of aliphatic hydroxyl groups is 1. The summed E-state index contributed by atoms with van der Waals surface area (Å²) in [5, 5.41) is 9.39. The van der Waals surface area contributed by atoms with Crippen LogP contribution in [0.4, 0.5) is 8.78 Å². The summed E-state index contributed by atoms with van der Waals surface area (Å²) >= 11 is 0.370. The molecule has 1 fully saturated rings.